The Bertz CT molecular complexity index is 525. The van der Waals surface area contributed by atoms with E-state index in [0.717, 1.165) is 22.7 Å². The van der Waals surface area contributed by atoms with Crippen molar-refractivity contribution in [3.05, 3.63) is 40.6 Å². The number of aromatic nitrogens is 2. The Kier molecular flexibility index (Phi) is 4.38. The molecule has 96 valence electrons. The molecule has 1 heterocycles. The monoisotopic (exact) mass is 309 g/mol. The van der Waals surface area contributed by atoms with E-state index in [1.165, 1.54) is 5.56 Å². The van der Waals surface area contributed by atoms with Gasteiger partial charge < -0.3 is 14.6 Å². The van der Waals surface area contributed by atoms with Crippen LogP contribution < -0.4 is 5.32 Å². The molecule has 1 aromatic heterocycles. The lowest BCUT2D eigenvalue weighted by molar-refractivity contribution is 0.188. The number of rotatable bonds is 5. The van der Waals surface area contributed by atoms with Gasteiger partial charge in [-0.3, -0.25) is 0 Å². The van der Waals surface area contributed by atoms with Crippen molar-refractivity contribution >= 4 is 27.6 Å². The first-order chi connectivity index (χ1) is 8.72. The van der Waals surface area contributed by atoms with Crippen LogP contribution in [-0.2, 0) is 11.3 Å². The third-order valence-electron chi connectivity index (χ3n) is 2.77. The van der Waals surface area contributed by atoms with Crippen LogP contribution in [-0.4, -0.2) is 23.3 Å². The second-order valence-electron chi connectivity index (χ2n) is 3.97. The summed E-state index contributed by atoms with van der Waals surface area (Å²) in [4.78, 5) is 4.32. The Labute approximate surface area is 115 Å². The van der Waals surface area contributed by atoms with Crippen molar-refractivity contribution in [2.75, 3.05) is 19.0 Å². The lowest BCUT2D eigenvalue weighted by Crippen LogP contribution is -2.07. The van der Waals surface area contributed by atoms with Gasteiger partial charge in [0.1, 0.15) is 0 Å². The summed E-state index contributed by atoms with van der Waals surface area (Å²) in [6.45, 7) is 3.52. The minimum Gasteiger partial charge on any atom is -0.383 e. The van der Waals surface area contributed by atoms with E-state index in [2.05, 4.69) is 33.2 Å². The molecule has 0 spiro atoms. The van der Waals surface area contributed by atoms with Gasteiger partial charge in [-0.25, -0.2) is 4.98 Å². The summed E-state index contributed by atoms with van der Waals surface area (Å²) in [6.07, 6.45) is 3.72. The third-order valence-corrected chi connectivity index (χ3v) is 3.63. The van der Waals surface area contributed by atoms with E-state index in [4.69, 9.17) is 4.74 Å². The fraction of sp³-hybridized carbons (Fsp3) is 0.308. The SMILES string of the molecule is COCCn1ccnc1Nc1cccc(Br)c1C. The van der Waals surface area contributed by atoms with Gasteiger partial charge >= 0.3 is 0 Å². The Morgan fingerprint density at radius 3 is 3.06 bits per heavy atom. The predicted octanol–water partition coefficient (Wildman–Crippen LogP) is 3.34. The van der Waals surface area contributed by atoms with Gasteiger partial charge in [-0.2, -0.15) is 0 Å². The summed E-state index contributed by atoms with van der Waals surface area (Å²) in [5.74, 6) is 0.827. The number of nitrogens with zero attached hydrogens (tertiary/aromatic N) is 2. The molecule has 0 atom stereocenters. The molecule has 0 unspecified atom stereocenters. The highest BCUT2D eigenvalue weighted by Crippen LogP contribution is 2.25. The molecule has 1 aromatic carbocycles. The molecule has 0 aliphatic heterocycles. The summed E-state index contributed by atoms with van der Waals surface area (Å²) < 4.78 is 8.20. The number of halogens is 1. The number of benzene rings is 1. The molecule has 0 aliphatic carbocycles. The van der Waals surface area contributed by atoms with E-state index in [1.54, 1.807) is 13.3 Å². The molecule has 0 amide bonds. The number of anilines is 2. The van der Waals surface area contributed by atoms with Crippen molar-refractivity contribution in [2.45, 2.75) is 13.5 Å². The minimum atomic E-state index is 0.669. The number of hydrogen-bond acceptors (Lipinski definition) is 3. The molecule has 5 heteroatoms. The van der Waals surface area contributed by atoms with Crippen LogP contribution in [0.25, 0.3) is 0 Å². The van der Waals surface area contributed by atoms with E-state index in [-0.39, 0.29) is 0 Å². The largest absolute Gasteiger partial charge is 0.383 e. The smallest absolute Gasteiger partial charge is 0.207 e. The van der Waals surface area contributed by atoms with Crippen LogP contribution in [0.4, 0.5) is 11.6 Å². The van der Waals surface area contributed by atoms with Crippen molar-refractivity contribution in [3.8, 4) is 0 Å². The maximum Gasteiger partial charge on any atom is 0.207 e. The summed E-state index contributed by atoms with van der Waals surface area (Å²) in [5, 5.41) is 3.34. The molecular weight excluding hydrogens is 294 g/mol. The second kappa shape index (κ2) is 6.02. The van der Waals surface area contributed by atoms with E-state index in [0.29, 0.717) is 6.61 Å². The van der Waals surface area contributed by atoms with E-state index in [1.807, 2.05) is 29.0 Å². The topological polar surface area (TPSA) is 39.1 Å². The highest BCUT2D eigenvalue weighted by molar-refractivity contribution is 9.10. The average Bonchev–Trinajstić information content (AvgIpc) is 2.80. The number of methoxy groups -OCH3 is 1. The lowest BCUT2D eigenvalue weighted by atomic mass is 10.2. The van der Waals surface area contributed by atoms with Crippen molar-refractivity contribution in [1.29, 1.82) is 0 Å². The van der Waals surface area contributed by atoms with Gasteiger partial charge in [0.15, 0.2) is 0 Å². The normalized spacial score (nSPS) is 10.6. The first-order valence-corrected chi connectivity index (χ1v) is 6.54. The molecule has 4 nitrogen and oxygen atoms in total. The van der Waals surface area contributed by atoms with Crippen LogP contribution in [0.2, 0.25) is 0 Å². The fourth-order valence-corrected chi connectivity index (χ4v) is 2.03. The van der Waals surface area contributed by atoms with E-state index < -0.39 is 0 Å². The van der Waals surface area contributed by atoms with Gasteiger partial charge in [-0.15, -0.1) is 0 Å². The van der Waals surface area contributed by atoms with Gasteiger partial charge in [0.05, 0.1) is 6.61 Å². The van der Waals surface area contributed by atoms with Crippen molar-refractivity contribution in [3.63, 3.8) is 0 Å². The molecular formula is C13H16BrN3O. The van der Waals surface area contributed by atoms with E-state index in [9.17, 15) is 0 Å². The van der Waals surface area contributed by atoms with Gasteiger partial charge in [-0.05, 0) is 24.6 Å². The zero-order chi connectivity index (χ0) is 13.0. The predicted molar refractivity (Wildman–Crippen MR) is 76.3 cm³/mol. The van der Waals surface area contributed by atoms with Crippen molar-refractivity contribution in [1.82, 2.24) is 9.55 Å². The maximum absolute atomic E-state index is 5.08. The third kappa shape index (κ3) is 2.91. The molecule has 2 aromatic rings. The fourth-order valence-electron chi connectivity index (χ4n) is 1.67. The highest BCUT2D eigenvalue weighted by Gasteiger charge is 2.06. The Morgan fingerprint density at radius 2 is 2.28 bits per heavy atom. The zero-order valence-electron chi connectivity index (χ0n) is 10.5. The molecule has 2 rings (SSSR count). The van der Waals surface area contributed by atoms with Gasteiger partial charge in [0.25, 0.3) is 0 Å². The summed E-state index contributed by atoms with van der Waals surface area (Å²) in [5.41, 5.74) is 2.22. The zero-order valence-corrected chi connectivity index (χ0v) is 12.1. The van der Waals surface area contributed by atoms with E-state index >= 15 is 0 Å². The number of hydrogen-bond donors (Lipinski definition) is 1. The molecule has 0 bridgehead atoms. The molecule has 18 heavy (non-hydrogen) atoms. The summed E-state index contributed by atoms with van der Waals surface area (Å²) in [7, 11) is 1.70. The standard InChI is InChI=1S/C13H16BrN3O/c1-10-11(14)4-3-5-12(10)16-13-15-6-7-17(13)8-9-18-2/h3-7H,8-9H2,1-2H3,(H,15,16). The van der Waals surface area contributed by atoms with Crippen LogP contribution in [0.3, 0.4) is 0 Å². The molecule has 0 aliphatic rings. The summed E-state index contributed by atoms with van der Waals surface area (Å²) >= 11 is 3.52. The highest BCUT2D eigenvalue weighted by atomic mass is 79.9. The van der Waals surface area contributed by atoms with Gasteiger partial charge in [0.2, 0.25) is 5.95 Å². The van der Waals surface area contributed by atoms with Crippen LogP contribution in [0.15, 0.2) is 35.1 Å². The molecule has 0 saturated heterocycles. The maximum atomic E-state index is 5.08. The van der Waals surface area contributed by atoms with Crippen LogP contribution in [0, 0.1) is 6.92 Å². The van der Waals surface area contributed by atoms with Crippen molar-refractivity contribution < 1.29 is 4.74 Å². The molecule has 0 fully saturated rings. The molecule has 1 N–H and O–H groups in total. The van der Waals surface area contributed by atoms with Crippen molar-refractivity contribution in [2.24, 2.45) is 0 Å². The second-order valence-corrected chi connectivity index (χ2v) is 4.83. The van der Waals surface area contributed by atoms with Crippen LogP contribution in [0.1, 0.15) is 5.56 Å². The average molecular weight is 310 g/mol. The summed E-state index contributed by atoms with van der Waals surface area (Å²) in [6, 6.07) is 6.06. The van der Waals surface area contributed by atoms with Gasteiger partial charge in [-0.1, -0.05) is 22.0 Å². The minimum absolute atomic E-state index is 0.669. The van der Waals surface area contributed by atoms with Crippen LogP contribution in [0.5, 0.6) is 0 Å². The number of nitrogens with one attached hydrogen (secondary N) is 1. The Morgan fingerprint density at radius 1 is 1.44 bits per heavy atom. The molecule has 0 saturated carbocycles. The first-order valence-electron chi connectivity index (χ1n) is 5.74. The number of ether oxygens (including phenoxy) is 1. The Hall–Kier alpha value is -1.33. The van der Waals surface area contributed by atoms with Gasteiger partial charge in [0, 0.05) is 36.2 Å². The lowest BCUT2D eigenvalue weighted by Gasteiger charge is -2.12. The first kappa shape index (κ1) is 13.1. The Balaban J connectivity index is 2.18. The quantitative estimate of drug-likeness (QED) is 0.920. The van der Waals surface area contributed by atoms with Crippen LogP contribution >= 0.6 is 15.9 Å². The molecule has 0 radical (unpaired) electrons. The number of imidazole rings is 1.